The van der Waals surface area contributed by atoms with Gasteiger partial charge >= 0.3 is 0 Å². The summed E-state index contributed by atoms with van der Waals surface area (Å²) in [5, 5.41) is 15.1. The molecule has 0 bridgehead atoms. The lowest BCUT2D eigenvalue weighted by Crippen LogP contribution is -2.28. The third-order valence-electron chi connectivity index (χ3n) is 5.11. The second-order valence-electron chi connectivity index (χ2n) is 7.80. The summed E-state index contributed by atoms with van der Waals surface area (Å²) in [7, 11) is 0. The lowest BCUT2D eigenvalue weighted by atomic mass is 10.1. The van der Waals surface area contributed by atoms with Gasteiger partial charge in [-0.2, -0.15) is 0 Å². The minimum atomic E-state index is -0.325. The summed E-state index contributed by atoms with van der Waals surface area (Å²) in [6.07, 6.45) is 0. The van der Waals surface area contributed by atoms with E-state index in [1.807, 2.05) is 69.5 Å². The van der Waals surface area contributed by atoms with Gasteiger partial charge in [0.2, 0.25) is 5.91 Å². The quantitative estimate of drug-likeness (QED) is 0.494. The van der Waals surface area contributed by atoms with Crippen LogP contribution in [-0.2, 0) is 11.3 Å². The maximum Gasteiger partial charge on any atom is 0.251 e. The predicted molar refractivity (Wildman–Crippen MR) is 128 cm³/mol. The number of benzene rings is 2. The van der Waals surface area contributed by atoms with Gasteiger partial charge in [-0.25, -0.2) is 0 Å². The molecule has 0 saturated heterocycles. The van der Waals surface area contributed by atoms with Gasteiger partial charge < -0.3 is 15.2 Å². The van der Waals surface area contributed by atoms with Crippen molar-refractivity contribution in [2.24, 2.45) is 0 Å². The first kappa shape index (κ1) is 23.5. The Labute approximate surface area is 193 Å². The van der Waals surface area contributed by atoms with Crippen molar-refractivity contribution < 1.29 is 9.59 Å². The number of amides is 2. The molecular weight excluding hydrogens is 422 g/mol. The van der Waals surface area contributed by atoms with Crippen LogP contribution in [0.3, 0.4) is 0 Å². The molecule has 1 aromatic heterocycles. The molecule has 0 fully saturated rings. The third kappa shape index (κ3) is 5.76. The van der Waals surface area contributed by atoms with Gasteiger partial charge in [-0.3, -0.25) is 9.59 Å². The highest BCUT2D eigenvalue weighted by atomic mass is 32.2. The summed E-state index contributed by atoms with van der Waals surface area (Å²) < 4.78 is 1.93. The maximum absolute atomic E-state index is 12.6. The van der Waals surface area contributed by atoms with Crippen molar-refractivity contribution in [1.82, 2.24) is 20.1 Å². The monoisotopic (exact) mass is 451 g/mol. The average molecular weight is 452 g/mol. The second-order valence-corrected chi connectivity index (χ2v) is 8.74. The number of aryl methyl sites for hydroxylation is 3. The maximum atomic E-state index is 12.6. The predicted octanol–water partition coefficient (Wildman–Crippen LogP) is 4.45. The summed E-state index contributed by atoms with van der Waals surface area (Å²) in [6, 6.07) is 13.1. The SMILES string of the molecule is CCn1c(SCC(=O)Nc2cc(C)ccc2C)nnc1[C@H](C)NC(=O)c1ccc(C)cc1. The van der Waals surface area contributed by atoms with Crippen LogP contribution in [0.1, 0.15) is 52.8 Å². The van der Waals surface area contributed by atoms with Crippen LogP contribution in [0.2, 0.25) is 0 Å². The molecule has 2 aromatic carbocycles. The highest BCUT2D eigenvalue weighted by Gasteiger charge is 2.20. The summed E-state index contributed by atoms with van der Waals surface area (Å²) >= 11 is 1.33. The van der Waals surface area contributed by atoms with E-state index < -0.39 is 0 Å². The number of nitrogens with one attached hydrogen (secondary N) is 2. The zero-order valence-corrected chi connectivity index (χ0v) is 19.9. The molecule has 0 unspecified atom stereocenters. The van der Waals surface area contributed by atoms with Gasteiger partial charge in [0.25, 0.3) is 5.91 Å². The van der Waals surface area contributed by atoms with Gasteiger partial charge in [-0.05, 0) is 63.9 Å². The molecule has 1 atom stereocenters. The fourth-order valence-electron chi connectivity index (χ4n) is 3.26. The molecule has 3 aromatic rings. The van der Waals surface area contributed by atoms with Crippen molar-refractivity contribution in [3.8, 4) is 0 Å². The number of aromatic nitrogens is 3. The molecule has 8 heteroatoms. The molecular formula is C24H29N5O2S. The molecule has 0 aliphatic rings. The van der Waals surface area contributed by atoms with Crippen molar-refractivity contribution in [3.63, 3.8) is 0 Å². The number of thioether (sulfide) groups is 1. The van der Waals surface area contributed by atoms with E-state index in [1.165, 1.54) is 11.8 Å². The van der Waals surface area contributed by atoms with Gasteiger partial charge in [0.15, 0.2) is 11.0 Å². The molecule has 0 aliphatic heterocycles. The Balaban J connectivity index is 1.63. The first-order valence-corrected chi connectivity index (χ1v) is 11.6. The van der Waals surface area contributed by atoms with Crippen LogP contribution in [0.5, 0.6) is 0 Å². The summed E-state index contributed by atoms with van der Waals surface area (Å²) in [5.74, 6) is 0.614. The Morgan fingerprint density at radius 3 is 2.41 bits per heavy atom. The molecule has 168 valence electrons. The molecule has 2 amide bonds. The topological polar surface area (TPSA) is 88.9 Å². The first-order valence-electron chi connectivity index (χ1n) is 10.6. The molecule has 0 aliphatic carbocycles. The number of carbonyl (C=O) groups is 2. The van der Waals surface area contributed by atoms with Crippen LogP contribution >= 0.6 is 11.8 Å². The van der Waals surface area contributed by atoms with Gasteiger partial charge in [0.05, 0.1) is 11.8 Å². The van der Waals surface area contributed by atoms with E-state index in [-0.39, 0.29) is 23.6 Å². The van der Waals surface area contributed by atoms with Gasteiger partial charge in [-0.1, -0.05) is 41.6 Å². The van der Waals surface area contributed by atoms with Crippen molar-refractivity contribution in [2.75, 3.05) is 11.1 Å². The van der Waals surface area contributed by atoms with E-state index in [2.05, 4.69) is 20.8 Å². The number of rotatable bonds is 8. The molecule has 2 N–H and O–H groups in total. The van der Waals surface area contributed by atoms with Gasteiger partial charge in [0, 0.05) is 17.8 Å². The van der Waals surface area contributed by atoms with Crippen LogP contribution in [0.15, 0.2) is 47.6 Å². The van der Waals surface area contributed by atoms with Crippen LogP contribution in [-0.4, -0.2) is 32.3 Å². The zero-order valence-electron chi connectivity index (χ0n) is 19.1. The van der Waals surface area contributed by atoms with E-state index in [0.29, 0.717) is 23.1 Å². The Hall–Kier alpha value is -3.13. The molecule has 7 nitrogen and oxygen atoms in total. The Morgan fingerprint density at radius 1 is 1.03 bits per heavy atom. The third-order valence-corrected chi connectivity index (χ3v) is 6.08. The molecule has 3 rings (SSSR count). The average Bonchev–Trinajstić information content (AvgIpc) is 3.18. The Kier molecular flexibility index (Phi) is 7.69. The Bertz CT molecular complexity index is 1110. The van der Waals surface area contributed by atoms with Crippen LogP contribution in [0.25, 0.3) is 0 Å². The van der Waals surface area contributed by atoms with E-state index in [4.69, 9.17) is 0 Å². The molecule has 1 heterocycles. The standard InChI is InChI=1S/C24H29N5O2S/c1-6-29-22(18(5)25-23(31)19-11-8-15(2)9-12-19)27-28-24(29)32-14-21(30)26-20-13-16(3)7-10-17(20)4/h7-13,18H,6,14H2,1-5H3,(H,25,31)(H,26,30)/t18-/m0/s1. The molecule has 0 saturated carbocycles. The lowest BCUT2D eigenvalue weighted by Gasteiger charge is -2.15. The number of hydrogen-bond donors (Lipinski definition) is 2. The minimum Gasteiger partial charge on any atom is -0.342 e. The van der Waals surface area contributed by atoms with Crippen LogP contribution < -0.4 is 10.6 Å². The summed E-state index contributed by atoms with van der Waals surface area (Å²) in [4.78, 5) is 25.0. The van der Waals surface area contributed by atoms with Crippen LogP contribution in [0, 0.1) is 20.8 Å². The zero-order chi connectivity index (χ0) is 23.3. The van der Waals surface area contributed by atoms with Crippen LogP contribution in [0.4, 0.5) is 5.69 Å². The summed E-state index contributed by atoms with van der Waals surface area (Å²) in [5.41, 5.74) is 4.63. The van der Waals surface area contributed by atoms with Crippen molar-refractivity contribution >= 4 is 29.3 Å². The number of anilines is 1. The van der Waals surface area contributed by atoms with Crippen molar-refractivity contribution in [3.05, 3.63) is 70.5 Å². The number of nitrogens with zero attached hydrogens (tertiary/aromatic N) is 3. The van der Waals surface area contributed by atoms with E-state index >= 15 is 0 Å². The van der Waals surface area contributed by atoms with Crippen molar-refractivity contribution in [2.45, 2.75) is 52.4 Å². The largest absolute Gasteiger partial charge is 0.342 e. The fourth-order valence-corrected chi connectivity index (χ4v) is 4.07. The van der Waals surface area contributed by atoms with E-state index in [1.54, 1.807) is 12.1 Å². The first-order chi connectivity index (χ1) is 15.3. The lowest BCUT2D eigenvalue weighted by molar-refractivity contribution is -0.113. The summed E-state index contributed by atoms with van der Waals surface area (Å²) in [6.45, 7) is 10.4. The van der Waals surface area contributed by atoms with Gasteiger partial charge in [-0.15, -0.1) is 10.2 Å². The van der Waals surface area contributed by atoms with E-state index in [0.717, 1.165) is 22.4 Å². The second kappa shape index (κ2) is 10.5. The highest BCUT2D eigenvalue weighted by Crippen LogP contribution is 2.22. The number of carbonyl (C=O) groups excluding carboxylic acids is 2. The van der Waals surface area contributed by atoms with Crippen molar-refractivity contribution in [1.29, 1.82) is 0 Å². The molecule has 32 heavy (non-hydrogen) atoms. The number of hydrogen-bond acceptors (Lipinski definition) is 5. The normalized spacial score (nSPS) is 11.8. The fraction of sp³-hybridized carbons (Fsp3) is 0.333. The highest BCUT2D eigenvalue weighted by molar-refractivity contribution is 7.99. The molecule has 0 radical (unpaired) electrons. The Morgan fingerprint density at radius 2 is 1.72 bits per heavy atom. The minimum absolute atomic E-state index is 0.100. The molecule has 0 spiro atoms. The van der Waals surface area contributed by atoms with Gasteiger partial charge in [0.1, 0.15) is 0 Å². The van der Waals surface area contributed by atoms with E-state index in [9.17, 15) is 9.59 Å². The smallest absolute Gasteiger partial charge is 0.251 e.